The maximum Gasteiger partial charge on any atom is 0.127 e. The highest BCUT2D eigenvalue weighted by Crippen LogP contribution is 2.26. The number of aryl methyl sites for hydroxylation is 1. The van der Waals surface area contributed by atoms with Crippen LogP contribution in [0.5, 0.6) is 0 Å². The lowest BCUT2D eigenvalue weighted by molar-refractivity contribution is 0.612. The minimum absolute atomic E-state index is 0.0197. The Balaban J connectivity index is 3.15. The van der Waals surface area contributed by atoms with Gasteiger partial charge in [-0.05, 0) is 30.5 Å². The summed E-state index contributed by atoms with van der Waals surface area (Å²) in [5, 5.41) is 0. The fourth-order valence-electron chi connectivity index (χ4n) is 1.18. The van der Waals surface area contributed by atoms with Crippen molar-refractivity contribution in [3.05, 3.63) is 33.5 Å². The molecule has 0 spiro atoms. The number of hydrogen-bond acceptors (Lipinski definition) is 1. The molecule has 1 nitrogen and oxygen atoms in total. The van der Waals surface area contributed by atoms with Crippen LogP contribution in [0.25, 0.3) is 0 Å². The average Bonchev–Trinajstić information content (AvgIpc) is 2.10. The van der Waals surface area contributed by atoms with Crippen LogP contribution in [-0.2, 0) is 0 Å². The predicted molar refractivity (Wildman–Crippen MR) is 56.1 cm³/mol. The van der Waals surface area contributed by atoms with Gasteiger partial charge in [-0.25, -0.2) is 4.39 Å². The highest BCUT2D eigenvalue weighted by atomic mass is 79.9. The molecule has 0 fully saturated rings. The summed E-state index contributed by atoms with van der Waals surface area (Å²) in [6, 6.07) is 3.25. The van der Waals surface area contributed by atoms with Crippen molar-refractivity contribution < 1.29 is 4.39 Å². The Hall–Kier alpha value is -0.410. The molecular formula is C10H13BrFN. The van der Waals surface area contributed by atoms with E-state index in [1.54, 1.807) is 13.0 Å². The first-order valence-corrected chi connectivity index (χ1v) is 5.06. The van der Waals surface area contributed by atoms with E-state index in [1.165, 1.54) is 6.07 Å². The lowest BCUT2D eigenvalue weighted by Crippen LogP contribution is -2.10. The van der Waals surface area contributed by atoms with Gasteiger partial charge in [-0.1, -0.05) is 28.9 Å². The zero-order valence-corrected chi connectivity index (χ0v) is 9.36. The molecule has 1 rings (SSSR count). The SMILES string of the molecule is CC[C@H](N)c1cc(C)c(F)cc1Br. The predicted octanol–water partition coefficient (Wildman–Crippen LogP) is 3.31. The minimum atomic E-state index is -0.195. The van der Waals surface area contributed by atoms with Gasteiger partial charge in [0.25, 0.3) is 0 Å². The molecule has 0 heterocycles. The Morgan fingerprint density at radius 2 is 2.15 bits per heavy atom. The van der Waals surface area contributed by atoms with E-state index in [4.69, 9.17) is 5.73 Å². The Bertz CT molecular complexity index is 312. The molecule has 72 valence electrons. The third-order valence-corrected chi connectivity index (χ3v) is 2.80. The summed E-state index contributed by atoms with van der Waals surface area (Å²) in [5.41, 5.74) is 7.48. The van der Waals surface area contributed by atoms with Crippen molar-refractivity contribution in [3.8, 4) is 0 Å². The molecule has 13 heavy (non-hydrogen) atoms. The van der Waals surface area contributed by atoms with Gasteiger partial charge in [0.1, 0.15) is 5.82 Å². The van der Waals surface area contributed by atoms with Crippen LogP contribution < -0.4 is 5.73 Å². The smallest absolute Gasteiger partial charge is 0.127 e. The van der Waals surface area contributed by atoms with Crippen molar-refractivity contribution in [2.24, 2.45) is 5.73 Å². The second kappa shape index (κ2) is 4.20. The summed E-state index contributed by atoms with van der Waals surface area (Å²) >= 11 is 3.30. The fraction of sp³-hybridized carbons (Fsp3) is 0.400. The molecule has 0 radical (unpaired) electrons. The van der Waals surface area contributed by atoms with Crippen molar-refractivity contribution in [2.75, 3.05) is 0 Å². The van der Waals surface area contributed by atoms with Gasteiger partial charge in [0, 0.05) is 10.5 Å². The summed E-state index contributed by atoms with van der Waals surface area (Å²) in [6.07, 6.45) is 0.851. The maximum absolute atomic E-state index is 13.1. The van der Waals surface area contributed by atoms with Crippen LogP contribution in [0.1, 0.15) is 30.5 Å². The summed E-state index contributed by atoms with van der Waals surface area (Å²) in [6.45, 7) is 3.75. The average molecular weight is 246 g/mol. The Morgan fingerprint density at radius 1 is 1.54 bits per heavy atom. The number of nitrogens with two attached hydrogens (primary N) is 1. The standard InChI is InChI=1S/C10H13BrFN/c1-3-10(13)7-4-6(2)9(12)5-8(7)11/h4-5,10H,3,13H2,1-2H3/t10-/m0/s1. The van der Waals surface area contributed by atoms with Crippen LogP contribution in [0.15, 0.2) is 16.6 Å². The van der Waals surface area contributed by atoms with E-state index in [9.17, 15) is 4.39 Å². The van der Waals surface area contributed by atoms with E-state index >= 15 is 0 Å². The second-order valence-electron chi connectivity index (χ2n) is 3.14. The molecule has 0 aromatic heterocycles. The Morgan fingerprint density at radius 3 is 2.69 bits per heavy atom. The minimum Gasteiger partial charge on any atom is -0.324 e. The van der Waals surface area contributed by atoms with Gasteiger partial charge in [-0.2, -0.15) is 0 Å². The molecule has 1 aromatic carbocycles. The fourth-order valence-corrected chi connectivity index (χ4v) is 1.79. The molecular weight excluding hydrogens is 233 g/mol. The van der Waals surface area contributed by atoms with Crippen LogP contribution in [0.2, 0.25) is 0 Å². The number of hydrogen-bond donors (Lipinski definition) is 1. The quantitative estimate of drug-likeness (QED) is 0.851. The molecule has 0 saturated heterocycles. The highest BCUT2D eigenvalue weighted by Gasteiger charge is 2.10. The number of benzene rings is 1. The molecule has 2 N–H and O–H groups in total. The molecule has 1 aromatic rings. The molecule has 0 saturated carbocycles. The molecule has 0 bridgehead atoms. The summed E-state index contributed by atoms with van der Waals surface area (Å²) in [7, 11) is 0. The lowest BCUT2D eigenvalue weighted by Gasteiger charge is -2.12. The van der Waals surface area contributed by atoms with Gasteiger partial charge >= 0.3 is 0 Å². The van der Waals surface area contributed by atoms with E-state index in [-0.39, 0.29) is 11.9 Å². The third-order valence-electron chi connectivity index (χ3n) is 2.12. The van der Waals surface area contributed by atoms with E-state index in [1.807, 2.05) is 6.92 Å². The zero-order chi connectivity index (χ0) is 10.0. The maximum atomic E-state index is 13.1. The molecule has 0 amide bonds. The van der Waals surface area contributed by atoms with Gasteiger partial charge in [0.2, 0.25) is 0 Å². The summed E-state index contributed by atoms with van der Waals surface area (Å²) < 4.78 is 13.8. The van der Waals surface area contributed by atoms with E-state index in [0.29, 0.717) is 5.56 Å². The first-order chi connectivity index (χ1) is 6.06. The van der Waals surface area contributed by atoms with Gasteiger partial charge in [0.15, 0.2) is 0 Å². The van der Waals surface area contributed by atoms with Crippen molar-refractivity contribution in [3.63, 3.8) is 0 Å². The molecule has 0 aliphatic heterocycles. The lowest BCUT2D eigenvalue weighted by atomic mass is 10.0. The number of rotatable bonds is 2. The van der Waals surface area contributed by atoms with Gasteiger partial charge < -0.3 is 5.73 Å². The van der Waals surface area contributed by atoms with Gasteiger partial charge in [-0.15, -0.1) is 0 Å². The van der Waals surface area contributed by atoms with Gasteiger partial charge in [-0.3, -0.25) is 0 Å². The van der Waals surface area contributed by atoms with Crippen molar-refractivity contribution >= 4 is 15.9 Å². The van der Waals surface area contributed by atoms with Crippen molar-refractivity contribution in [1.29, 1.82) is 0 Å². The third kappa shape index (κ3) is 2.29. The van der Waals surface area contributed by atoms with Crippen LogP contribution in [0.3, 0.4) is 0 Å². The molecule has 1 atom stereocenters. The van der Waals surface area contributed by atoms with Crippen LogP contribution in [0, 0.1) is 12.7 Å². The number of halogens is 2. The van der Waals surface area contributed by atoms with Crippen molar-refractivity contribution in [1.82, 2.24) is 0 Å². The molecule has 3 heteroatoms. The topological polar surface area (TPSA) is 26.0 Å². The van der Waals surface area contributed by atoms with Crippen LogP contribution in [0.4, 0.5) is 4.39 Å². The molecule has 0 aliphatic rings. The summed E-state index contributed by atoms with van der Waals surface area (Å²) in [5.74, 6) is -0.195. The van der Waals surface area contributed by atoms with E-state index in [0.717, 1.165) is 16.5 Å². The second-order valence-corrected chi connectivity index (χ2v) is 3.99. The monoisotopic (exact) mass is 245 g/mol. The Labute approximate surface area is 86.3 Å². The largest absolute Gasteiger partial charge is 0.324 e. The van der Waals surface area contributed by atoms with Gasteiger partial charge in [0.05, 0.1) is 0 Å². The normalized spacial score (nSPS) is 13.0. The summed E-state index contributed by atoms with van der Waals surface area (Å²) in [4.78, 5) is 0. The van der Waals surface area contributed by atoms with E-state index in [2.05, 4.69) is 15.9 Å². The van der Waals surface area contributed by atoms with Crippen molar-refractivity contribution in [2.45, 2.75) is 26.3 Å². The highest BCUT2D eigenvalue weighted by molar-refractivity contribution is 9.10. The first-order valence-electron chi connectivity index (χ1n) is 4.27. The van der Waals surface area contributed by atoms with E-state index < -0.39 is 0 Å². The van der Waals surface area contributed by atoms with Crippen LogP contribution >= 0.6 is 15.9 Å². The Kier molecular flexibility index (Phi) is 3.45. The molecule has 0 unspecified atom stereocenters. The van der Waals surface area contributed by atoms with Crippen LogP contribution in [-0.4, -0.2) is 0 Å². The zero-order valence-electron chi connectivity index (χ0n) is 7.77. The first kappa shape index (κ1) is 10.7. The molecule has 0 aliphatic carbocycles.